The summed E-state index contributed by atoms with van der Waals surface area (Å²) >= 11 is 0.857. The summed E-state index contributed by atoms with van der Waals surface area (Å²) in [5, 5.41) is 5.11. The van der Waals surface area contributed by atoms with Gasteiger partial charge in [0.2, 0.25) is 11.8 Å². The van der Waals surface area contributed by atoms with E-state index < -0.39 is 178 Å². The number of rotatable bonds is 28. The van der Waals surface area contributed by atoms with Crippen molar-refractivity contribution in [2.24, 2.45) is 0 Å². The monoisotopic (exact) mass is 1180 g/mol. The summed E-state index contributed by atoms with van der Waals surface area (Å²) in [7, 11) is 0. The number of amides is 2. The zero-order valence-electron chi connectivity index (χ0n) is 46.5. The number of thioether (sulfide) groups is 1. The minimum Gasteiger partial charge on any atom is -0.463 e. The van der Waals surface area contributed by atoms with Gasteiger partial charge >= 0.3 is 59.7 Å². The van der Waals surface area contributed by atoms with Gasteiger partial charge in [0.25, 0.3) is 0 Å². The number of esters is 10. The van der Waals surface area contributed by atoms with Crippen molar-refractivity contribution in [3.05, 3.63) is 0 Å². The molecule has 0 saturated carbocycles. The molecule has 2 N–H and O–H groups in total. The second-order valence-electron chi connectivity index (χ2n) is 18.1. The topological polar surface area (TPSA) is 394 Å². The fourth-order valence-electron chi connectivity index (χ4n) is 8.17. The van der Waals surface area contributed by atoms with E-state index in [0.717, 1.165) is 81.0 Å². The second kappa shape index (κ2) is 34.0. The highest BCUT2D eigenvalue weighted by molar-refractivity contribution is 8.14. The zero-order valence-corrected chi connectivity index (χ0v) is 47.3. The Hall–Kier alpha value is -6.58. The van der Waals surface area contributed by atoms with Crippen molar-refractivity contribution >= 4 is 88.4 Å². The van der Waals surface area contributed by atoms with Crippen LogP contribution in [0.5, 0.6) is 0 Å². The van der Waals surface area contributed by atoms with Crippen molar-refractivity contribution in [2.45, 2.75) is 188 Å². The Morgan fingerprint density at radius 2 is 0.691 bits per heavy atom. The lowest BCUT2D eigenvalue weighted by Crippen LogP contribution is -2.69. The highest BCUT2D eigenvalue weighted by Crippen LogP contribution is 2.38. The van der Waals surface area contributed by atoms with E-state index in [4.69, 9.17) is 75.8 Å². The summed E-state index contributed by atoms with van der Waals surface area (Å²) in [5.74, 6) is -10.5. The van der Waals surface area contributed by atoms with Crippen LogP contribution >= 0.6 is 11.8 Å². The smallest absolute Gasteiger partial charge is 0.303 e. The fourth-order valence-corrected chi connectivity index (χ4v) is 8.61. The Balaban J connectivity index is 2.11. The second-order valence-corrected chi connectivity index (χ2v) is 19.2. The van der Waals surface area contributed by atoms with E-state index in [9.17, 15) is 62.3 Å². The van der Waals surface area contributed by atoms with Crippen LogP contribution in [0.15, 0.2) is 0 Å². The molecule has 0 bridgehead atoms. The SMILES string of the molecule is CC(=O)OCC1O[C@@H](O[C@H]2C(COC(C)=O)O[C@@H](O[C@H]3C(COC(C)=O)O[C@@H](OCCCC(=O)NCCCNC(=O)CSC(C)=O)C(OC(C)=O)[C@H]3OC(C)=O)C(OC(C)=O)[C@H]2OC(C)=O)C(OC(C)=O)[C@@H](OC(C)=O)[C@H]1OC(C)=O. The number of carbonyl (C=O) groups is 13. The lowest BCUT2D eigenvalue weighted by Gasteiger charge is -2.50. The van der Waals surface area contributed by atoms with Gasteiger partial charge in [-0.05, 0) is 12.8 Å². The molecule has 0 aromatic heterocycles. The molecule has 6 unspecified atom stereocenters. The normalized spacial score (nSPS) is 27.8. The van der Waals surface area contributed by atoms with E-state index in [0.29, 0.717) is 6.42 Å². The number of ether oxygens (including phenoxy) is 16. The van der Waals surface area contributed by atoms with Gasteiger partial charge in [0.15, 0.2) is 66.7 Å². The molecule has 0 aromatic rings. The third-order valence-corrected chi connectivity index (χ3v) is 11.9. The maximum absolute atomic E-state index is 13.1. The predicted molar refractivity (Wildman–Crippen MR) is 263 cm³/mol. The van der Waals surface area contributed by atoms with E-state index in [1.807, 2.05) is 0 Å². The van der Waals surface area contributed by atoms with E-state index in [2.05, 4.69) is 10.6 Å². The summed E-state index contributed by atoms with van der Waals surface area (Å²) < 4.78 is 92.7. The van der Waals surface area contributed by atoms with Crippen molar-refractivity contribution in [3.8, 4) is 0 Å². The average Bonchev–Trinajstić information content (AvgIpc) is 3.34. The molecular weight excluding hydrogens is 1110 g/mol. The van der Waals surface area contributed by atoms with Crippen molar-refractivity contribution < 1.29 is 138 Å². The van der Waals surface area contributed by atoms with Crippen LogP contribution in [0.1, 0.15) is 95.4 Å². The largest absolute Gasteiger partial charge is 0.463 e. The molecule has 3 aliphatic heterocycles. The molecule has 15 atom stereocenters. The first kappa shape index (κ1) is 68.7. The molecule has 456 valence electrons. The molecule has 3 heterocycles. The third-order valence-electron chi connectivity index (χ3n) is 11.1. The standard InChI is InChI=1S/C49H70N2O29S/c1-22(52)66-18-33-38(69-25(4)55)41(70-26(5)56)45(74-30(9)60)48(77-33)80-40-35(20-68-24(3)54)78-49(46(75-31(10)61)43(40)72-28(7)58)79-39-34(19-67-23(2)53)76-47(44(73-29(8)59)42(39)71-27(6)57)65-17-12-14-36(63)50-15-13-16-51-37(64)21-81-32(11)62/h33-35,38-49H,12-21H2,1-11H3,(H,50,63)(H,51,64)/t33?,34?,35?,38-,39-,40-,41-,42-,43-,44?,45?,46?,47+,48-,49-/m0/s1. The van der Waals surface area contributed by atoms with E-state index in [1.165, 1.54) is 6.92 Å². The van der Waals surface area contributed by atoms with Crippen LogP contribution in [0.4, 0.5) is 0 Å². The Morgan fingerprint density at radius 1 is 0.370 bits per heavy atom. The Bertz CT molecular complexity index is 2250. The van der Waals surface area contributed by atoms with Gasteiger partial charge in [0, 0.05) is 95.7 Å². The van der Waals surface area contributed by atoms with Gasteiger partial charge in [-0.3, -0.25) is 62.3 Å². The van der Waals surface area contributed by atoms with Crippen LogP contribution < -0.4 is 10.6 Å². The van der Waals surface area contributed by atoms with Crippen LogP contribution in [0.2, 0.25) is 0 Å². The summed E-state index contributed by atoms with van der Waals surface area (Å²) in [6.45, 7) is 9.10. The lowest BCUT2D eigenvalue weighted by molar-refractivity contribution is -0.380. The van der Waals surface area contributed by atoms with Crippen LogP contribution in [-0.2, 0) is 138 Å². The maximum Gasteiger partial charge on any atom is 0.303 e. The molecule has 3 aliphatic rings. The van der Waals surface area contributed by atoms with E-state index in [1.54, 1.807) is 0 Å². The Kier molecular flexibility index (Phi) is 28.8. The van der Waals surface area contributed by atoms with Crippen molar-refractivity contribution in [2.75, 3.05) is 45.3 Å². The molecule has 3 saturated heterocycles. The fraction of sp³-hybridized carbons (Fsp3) is 0.735. The third kappa shape index (κ3) is 24.2. The first-order valence-corrected chi connectivity index (χ1v) is 26.2. The lowest BCUT2D eigenvalue weighted by atomic mass is 9.95. The predicted octanol–water partition coefficient (Wildman–Crippen LogP) is -1.16. The van der Waals surface area contributed by atoms with Gasteiger partial charge in [-0.25, -0.2) is 0 Å². The Morgan fingerprint density at radius 3 is 1.06 bits per heavy atom. The Labute approximate surface area is 468 Å². The van der Waals surface area contributed by atoms with Crippen LogP contribution in [0, 0.1) is 0 Å². The number of hydrogen-bond acceptors (Lipinski definition) is 30. The highest BCUT2D eigenvalue weighted by atomic mass is 32.2. The molecule has 3 rings (SSSR count). The highest BCUT2D eigenvalue weighted by Gasteiger charge is 2.60. The van der Waals surface area contributed by atoms with Crippen LogP contribution in [0.25, 0.3) is 0 Å². The molecule has 2 amide bonds. The van der Waals surface area contributed by atoms with Gasteiger partial charge in [-0.1, -0.05) is 11.8 Å². The quantitative estimate of drug-likeness (QED) is 0.0530. The van der Waals surface area contributed by atoms with Crippen molar-refractivity contribution in [1.29, 1.82) is 0 Å². The van der Waals surface area contributed by atoms with Gasteiger partial charge < -0.3 is 86.4 Å². The van der Waals surface area contributed by atoms with Crippen LogP contribution in [-0.4, -0.2) is 214 Å². The first-order chi connectivity index (χ1) is 38.1. The molecule has 0 aromatic carbocycles. The summed E-state index contributed by atoms with van der Waals surface area (Å²) in [4.78, 5) is 162. The van der Waals surface area contributed by atoms with Gasteiger partial charge in [0.1, 0.15) is 50.3 Å². The molecule has 0 radical (unpaired) electrons. The molecule has 81 heavy (non-hydrogen) atoms. The van der Waals surface area contributed by atoms with Crippen molar-refractivity contribution in [1.82, 2.24) is 10.6 Å². The first-order valence-electron chi connectivity index (χ1n) is 25.2. The summed E-state index contributed by atoms with van der Waals surface area (Å²) in [6.07, 6.45) is -26.9. The minimum absolute atomic E-state index is 0.0340. The van der Waals surface area contributed by atoms with Gasteiger partial charge in [0.05, 0.1) is 12.4 Å². The molecule has 31 nitrogen and oxygen atoms in total. The van der Waals surface area contributed by atoms with E-state index in [-0.39, 0.29) is 49.3 Å². The van der Waals surface area contributed by atoms with Gasteiger partial charge in [-0.15, -0.1) is 0 Å². The molecular formula is C49H70N2O29S. The summed E-state index contributed by atoms with van der Waals surface area (Å²) in [6, 6.07) is 0. The number of hydrogen-bond donors (Lipinski definition) is 2. The summed E-state index contributed by atoms with van der Waals surface area (Å²) in [5.41, 5.74) is 0. The van der Waals surface area contributed by atoms with Crippen LogP contribution in [0.3, 0.4) is 0 Å². The minimum atomic E-state index is -2.07. The van der Waals surface area contributed by atoms with E-state index >= 15 is 0 Å². The molecule has 0 aliphatic carbocycles. The zero-order chi connectivity index (χ0) is 60.7. The number of nitrogens with one attached hydrogen (secondary N) is 2. The molecule has 3 fully saturated rings. The molecule has 0 spiro atoms. The van der Waals surface area contributed by atoms with Crippen molar-refractivity contribution in [3.63, 3.8) is 0 Å². The average molecular weight is 1180 g/mol. The molecule has 32 heteroatoms. The maximum atomic E-state index is 13.1. The van der Waals surface area contributed by atoms with Gasteiger partial charge in [-0.2, -0.15) is 0 Å². The number of carbonyl (C=O) groups excluding carboxylic acids is 13.